The van der Waals surface area contributed by atoms with Gasteiger partial charge in [0.2, 0.25) is 15.9 Å². The maximum Gasteiger partial charge on any atom is 0.417 e. The van der Waals surface area contributed by atoms with Crippen LogP contribution >= 0.6 is 0 Å². The molecule has 2 aromatic rings. The van der Waals surface area contributed by atoms with Gasteiger partial charge in [-0.2, -0.15) is 4.31 Å². The van der Waals surface area contributed by atoms with Crippen LogP contribution in [0.1, 0.15) is 38.5 Å². The Balaban J connectivity index is 1.69. The number of hydrogen-bond donors (Lipinski definition) is 2. The molecular weight excluding hydrogens is 358 g/mol. The lowest BCUT2D eigenvalue weighted by atomic mass is 10.1. The van der Waals surface area contributed by atoms with Gasteiger partial charge in [0.25, 0.3) is 0 Å². The molecule has 0 spiro atoms. The van der Waals surface area contributed by atoms with Gasteiger partial charge in [0.1, 0.15) is 0 Å². The quantitative estimate of drug-likeness (QED) is 0.764. The highest BCUT2D eigenvalue weighted by Crippen LogP contribution is 2.20. The van der Waals surface area contributed by atoms with Crippen LogP contribution in [0.5, 0.6) is 0 Å². The molecule has 26 heavy (non-hydrogen) atoms. The fourth-order valence-electron chi connectivity index (χ4n) is 3.25. The van der Waals surface area contributed by atoms with Gasteiger partial charge in [-0.1, -0.05) is 25.7 Å². The second kappa shape index (κ2) is 7.63. The minimum Gasteiger partial charge on any atom is -0.408 e. The highest BCUT2D eigenvalue weighted by Gasteiger charge is 2.25. The molecule has 1 aliphatic rings. The summed E-state index contributed by atoms with van der Waals surface area (Å²) >= 11 is 0. The first-order valence-electron chi connectivity index (χ1n) is 8.75. The molecule has 3 rings (SSSR count). The Labute approximate surface area is 151 Å². The Morgan fingerprint density at radius 1 is 1.27 bits per heavy atom. The van der Waals surface area contributed by atoms with Crippen LogP contribution in [0.15, 0.2) is 32.3 Å². The van der Waals surface area contributed by atoms with Gasteiger partial charge in [-0.3, -0.25) is 9.78 Å². The Kier molecular flexibility index (Phi) is 5.47. The van der Waals surface area contributed by atoms with Crippen LogP contribution in [-0.4, -0.2) is 43.2 Å². The predicted molar refractivity (Wildman–Crippen MR) is 96.3 cm³/mol. The van der Waals surface area contributed by atoms with Crippen molar-refractivity contribution in [1.29, 1.82) is 0 Å². The summed E-state index contributed by atoms with van der Waals surface area (Å²) in [7, 11) is -2.51. The van der Waals surface area contributed by atoms with Gasteiger partial charge in [-0.15, -0.1) is 0 Å². The lowest BCUT2D eigenvalue weighted by molar-refractivity contribution is -0.121. The summed E-state index contributed by atoms with van der Waals surface area (Å²) in [6.45, 7) is -0.256. The van der Waals surface area contributed by atoms with Crippen molar-refractivity contribution < 1.29 is 17.6 Å². The van der Waals surface area contributed by atoms with Crippen molar-refractivity contribution in [2.75, 3.05) is 13.6 Å². The Hall–Kier alpha value is -2.13. The normalized spacial score (nSPS) is 16.7. The van der Waals surface area contributed by atoms with E-state index >= 15 is 0 Å². The number of carbonyl (C=O) groups is 1. The number of nitrogens with one attached hydrogen (secondary N) is 2. The second-order valence-electron chi connectivity index (χ2n) is 6.69. The van der Waals surface area contributed by atoms with E-state index in [1.54, 1.807) is 0 Å². The van der Waals surface area contributed by atoms with E-state index in [-0.39, 0.29) is 29.0 Å². The van der Waals surface area contributed by atoms with Crippen LogP contribution in [0.2, 0.25) is 0 Å². The molecular formula is C17H23N3O5S. The molecule has 1 amide bonds. The van der Waals surface area contributed by atoms with Gasteiger partial charge in [-0.25, -0.2) is 13.2 Å². The lowest BCUT2D eigenvalue weighted by Gasteiger charge is -2.20. The number of carbonyl (C=O) groups excluding carboxylic acids is 1. The van der Waals surface area contributed by atoms with Gasteiger partial charge in [0.05, 0.1) is 17.0 Å². The van der Waals surface area contributed by atoms with Gasteiger partial charge in [0, 0.05) is 19.2 Å². The Bertz CT molecular complexity index is 939. The SMILES string of the molecule is CN(CC(=O)NC1CCCCCC1)S(=O)(=O)c1ccc2[nH]c(=O)oc2c1. The largest absolute Gasteiger partial charge is 0.417 e. The average Bonchev–Trinajstić information content (AvgIpc) is 2.77. The molecule has 2 N–H and O–H groups in total. The molecule has 0 radical (unpaired) electrons. The van der Waals surface area contributed by atoms with Gasteiger partial charge in [-0.05, 0) is 25.0 Å². The fourth-order valence-corrected chi connectivity index (χ4v) is 4.39. The van der Waals surface area contributed by atoms with Crippen LogP contribution in [0.4, 0.5) is 0 Å². The van der Waals surface area contributed by atoms with E-state index < -0.39 is 15.8 Å². The highest BCUT2D eigenvalue weighted by molar-refractivity contribution is 7.89. The van der Waals surface area contributed by atoms with Crippen LogP contribution in [0, 0.1) is 0 Å². The maximum atomic E-state index is 12.7. The molecule has 0 atom stereocenters. The standard InChI is InChI=1S/C17H23N3O5S/c1-20(11-16(21)18-12-6-4-2-3-5-7-12)26(23,24)13-8-9-14-15(10-13)25-17(22)19-14/h8-10,12H,2-7,11H2,1H3,(H,18,21)(H,19,22). The third-order valence-electron chi connectivity index (χ3n) is 4.69. The zero-order chi connectivity index (χ0) is 18.7. The molecule has 1 fully saturated rings. The molecule has 1 aliphatic carbocycles. The van der Waals surface area contributed by atoms with E-state index in [1.165, 1.54) is 38.1 Å². The zero-order valence-corrected chi connectivity index (χ0v) is 15.5. The molecule has 1 saturated carbocycles. The number of benzene rings is 1. The third kappa shape index (κ3) is 4.16. The van der Waals surface area contributed by atoms with E-state index in [1.807, 2.05) is 0 Å². The van der Waals surface area contributed by atoms with Gasteiger partial charge < -0.3 is 9.73 Å². The summed E-state index contributed by atoms with van der Waals surface area (Å²) < 4.78 is 31.3. The number of aromatic nitrogens is 1. The third-order valence-corrected chi connectivity index (χ3v) is 6.49. The fraction of sp³-hybridized carbons (Fsp3) is 0.529. The summed E-state index contributed by atoms with van der Waals surface area (Å²) in [5, 5.41) is 2.94. The van der Waals surface area contributed by atoms with E-state index in [0.29, 0.717) is 5.52 Å². The van der Waals surface area contributed by atoms with Crippen molar-refractivity contribution in [3.63, 3.8) is 0 Å². The molecule has 0 bridgehead atoms. The van der Waals surface area contributed by atoms with Crippen molar-refractivity contribution in [3.8, 4) is 0 Å². The highest BCUT2D eigenvalue weighted by atomic mass is 32.2. The lowest BCUT2D eigenvalue weighted by Crippen LogP contribution is -2.42. The number of hydrogen-bond acceptors (Lipinski definition) is 5. The topological polar surface area (TPSA) is 112 Å². The predicted octanol–water partition coefficient (Wildman–Crippen LogP) is 1.58. The van der Waals surface area contributed by atoms with Crippen LogP contribution in [-0.2, 0) is 14.8 Å². The zero-order valence-electron chi connectivity index (χ0n) is 14.7. The molecule has 1 heterocycles. The number of nitrogens with zero attached hydrogens (tertiary/aromatic N) is 1. The van der Waals surface area contributed by atoms with Crippen molar-refractivity contribution in [1.82, 2.24) is 14.6 Å². The van der Waals surface area contributed by atoms with Crippen molar-refractivity contribution in [2.45, 2.75) is 49.5 Å². The maximum absolute atomic E-state index is 12.7. The van der Waals surface area contributed by atoms with Gasteiger partial charge >= 0.3 is 5.76 Å². The summed E-state index contributed by atoms with van der Waals surface area (Å²) in [4.78, 5) is 25.9. The van der Waals surface area contributed by atoms with Crippen LogP contribution in [0.3, 0.4) is 0 Å². The molecule has 142 valence electrons. The van der Waals surface area contributed by atoms with Crippen molar-refractivity contribution in [2.24, 2.45) is 0 Å². The molecule has 8 nitrogen and oxygen atoms in total. The first kappa shape index (κ1) is 18.7. The summed E-state index contributed by atoms with van der Waals surface area (Å²) in [5.74, 6) is -0.956. The molecule has 0 aliphatic heterocycles. The summed E-state index contributed by atoms with van der Waals surface area (Å²) in [5.41, 5.74) is 0.579. The van der Waals surface area contributed by atoms with E-state index in [0.717, 1.165) is 30.0 Å². The van der Waals surface area contributed by atoms with Crippen molar-refractivity contribution in [3.05, 3.63) is 28.7 Å². The summed E-state index contributed by atoms with van der Waals surface area (Å²) in [6, 6.07) is 4.24. The minimum atomic E-state index is -3.87. The molecule has 0 saturated heterocycles. The second-order valence-corrected chi connectivity index (χ2v) is 8.73. The number of likely N-dealkylation sites (N-methyl/N-ethyl adjacent to an activating group) is 1. The summed E-state index contributed by atoms with van der Waals surface area (Å²) in [6.07, 6.45) is 6.40. The molecule has 1 aromatic heterocycles. The minimum absolute atomic E-state index is 0.0301. The number of H-pyrrole nitrogens is 1. The monoisotopic (exact) mass is 381 g/mol. The molecule has 9 heteroatoms. The smallest absolute Gasteiger partial charge is 0.408 e. The average molecular weight is 381 g/mol. The molecule has 1 aromatic carbocycles. The number of rotatable bonds is 5. The number of fused-ring (bicyclic) bond motifs is 1. The number of amides is 1. The Morgan fingerprint density at radius 2 is 1.96 bits per heavy atom. The van der Waals surface area contributed by atoms with Crippen LogP contribution in [0.25, 0.3) is 11.1 Å². The number of sulfonamides is 1. The number of oxazole rings is 1. The van der Waals surface area contributed by atoms with E-state index in [2.05, 4.69) is 10.3 Å². The van der Waals surface area contributed by atoms with E-state index in [4.69, 9.17) is 4.42 Å². The van der Waals surface area contributed by atoms with Crippen LogP contribution < -0.4 is 11.1 Å². The first-order valence-corrected chi connectivity index (χ1v) is 10.2. The Morgan fingerprint density at radius 3 is 2.65 bits per heavy atom. The van der Waals surface area contributed by atoms with Gasteiger partial charge in [0.15, 0.2) is 5.58 Å². The first-order chi connectivity index (χ1) is 12.4. The van der Waals surface area contributed by atoms with Crippen molar-refractivity contribution >= 4 is 27.0 Å². The molecule has 0 unspecified atom stereocenters. The number of aromatic amines is 1. The van der Waals surface area contributed by atoms with E-state index in [9.17, 15) is 18.0 Å².